The summed E-state index contributed by atoms with van der Waals surface area (Å²) in [6.07, 6.45) is 3.37. The van der Waals surface area contributed by atoms with Crippen molar-refractivity contribution in [2.75, 3.05) is 13.1 Å². The number of Topliss-reactive ketones (excluding diaryl/α,β-unsaturated/α-hetero) is 1. The van der Waals surface area contributed by atoms with Gasteiger partial charge in [0.25, 0.3) is 0 Å². The molecule has 2 unspecified atom stereocenters. The predicted octanol–water partition coefficient (Wildman–Crippen LogP) is 0.912. The smallest absolute Gasteiger partial charge is 0.212 e. The molecule has 1 aliphatic carbocycles. The number of carbonyl (C=O) groups excluding carboxylic acids is 1. The molecule has 1 aliphatic heterocycles. The van der Waals surface area contributed by atoms with Gasteiger partial charge in [0.2, 0.25) is 5.78 Å². The standard InChI is InChI=1S/C14H22N4OS/c1-2-18-7-5-9-10(8-18)20-13(17-9)12(19)14(16)6-3-4-11(14)15/h11H,2-8,15-16H2,1H3. The van der Waals surface area contributed by atoms with E-state index in [1.54, 1.807) is 0 Å². The topological polar surface area (TPSA) is 85.2 Å². The van der Waals surface area contributed by atoms with Crippen LogP contribution in [0.1, 0.15) is 46.6 Å². The molecule has 5 nitrogen and oxygen atoms in total. The van der Waals surface area contributed by atoms with Gasteiger partial charge in [0.1, 0.15) is 0 Å². The molecule has 1 fully saturated rings. The lowest BCUT2D eigenvalue weighted by Gasteiger charge is -2.25. The molecule has 0 bridgehead atoms. The molecule has 2 heterocycles. The van der Waals surface area contributed by atoms with Crippen LogP contribution in [-0.2, 0) is 13.0 Å². The summed E-state index contributed by atoms with van der Waals surface area (Å²) in [5.74, 6) is -0.0510. The highest BCUT2D eigenvalue weighted by Crippen LogP contribution is 2.33. The minimum absolute atomic E-state index is 0.0510. The van der Waals surface area contributed by atoms with Crippen LogP contribution in [0.2, 0.25) is 0 Å². The quantitative estimate of drug-likeness (QED) is 0.810. The molecule has 4 N–H and O–H groups in total. The molecule has 1 aromatic rings. The number of hydrogen-bond acceptors (Lipinski definition) is 6. The largest absolute Gasteiger partial charge is 0.326 e. The van der Waals surface area contributed by atoms with E-state index in [0.29, 0.717) is 11.4 Å². The van der Waals surface area contributed by atoms with Gasteiger partial charge in [-0.1, -0.05) is 6.92 Å². The van der Waals surface area contributed by atoms with Crippen LogP contribution in [0.15, 0.2) is 0 Å². The van der Waals surface area contributed by atoms with Crippen LogP contribution in [0.5, 0.6) is 0 Å². The molecule has 6 heteroatoms. The second-order valence-corrected chi connectivity index (χ2v) is 6.96. The highest BCUT2D eigenvalue weighted by Gasteiger charge is 2.45. The zero-order chi connectivity index (χ0) is 14.3. The number of likely N-dealkylation sites (N-methyl/N-ethyl adjacent to an activating group) is 1. The van der Waals surface area contributed by atoms with E-state index in [-0.39, 0.29) is 11.8 Å². The van der Waals surface area contributed by atoms with Crippen molar-refractivity contribution >= 4 is 17.1 Å². The van der Waals surface area contributed by atoms with E-state index in [0.717, 1.165) is 44.6 Å². The summed E-state index contributed by atoms with van der Waals surface area (Å²) in [5.41, 5.74) is 12.5. The number of carbonyl (C=O) groups is 1. The van der Waals surface area contributed by atoms with Crippen LogP contribution < -0.4 is 11.5 Å². The first-order valence-electron chi connectivity index (χ1n) is 7.34. The van der Waals surface area contributed by atoms with Gasteiger partial charge in [-0.05, 0) is 25.8 Å². The lowest BCUT2D eigenvalue weighted by molar-refractivity contribution is 0.0879. The number of nitrogens with two attached hydrogens (primary N) is 2. The van der Waals surface area contributed by atoms with E-state index in [1.807, 2.05) is 0 Å². The zero-order valence-electron chi connectivity index (χ0n) is 11.9. The molecule has 0 spiro atoms. The van der Waals surface area contributed by atoms with E-state index in [4.69, 9.17) is 11.5 Å². The minimum Gasteiger partial charge on any atom is -0.326 e. The lowest BCUT2D eigenvalue weighted by atomic mass is 9.90. The van der Waals surface area contributed by atoms with Crippen molar-refractivity contribution < 1.29 is 4.79 Å². The first-order valence-corrected chi connectivity index (χ1v) is 8.16. The Labute approximate surface area is 123 Å². The summed E-state index contributed by atoms with van der Waals surface area (Å²) in [6.45, 7) is 5.12. The number of fused-ring (bicyclic) bond motifs is 1. The Bertz CT molecular complexity index is 529. The van der Waals surface area contributed by atoms with Gasteiger partial charge in [-0.3, -0.25) is 9.69 Å². The number of rotatable bonds is 3. The van der Waals surface area contributed by atoms with E-state index in [2.05, 4.69) is 16.8 Å². The maximum atomic E-state index is 12.7. The number of aromatic nitrogens is 1. The van der Waals surface area contributed by atoms with Crippen LogP contribution >= 0.6 is 11.3 Å². The average molecular weight is 294 g/mol. The van der Waals surface area contributed by atoms with Crippen LogP contribution in [0, 0.1) is 0 Å². The number of hydrogen-bond donors (Lipinski definition) is 2. The molecule has 0 aromatic carbocycles. The molecule has 2 atom stereocenters. The second-order valence-electron chi connectivity index (χ2n) is 5.88. The summed E-state index contributed by atoms with van der Waals surface area (Å²) in [6, 6.07) is -0.233. The molecule has 1 saturated carbocycles. The third-order valence-corrected chi connectivity index (χ3v) is 5.72. The lowest BCUT2D eigenvalue weighted by Crippen LogP contribution is -2.57. The number of ketones is 1. The molecule has 20 heavy (non-hydrogen) atoms. The highest BCUT2D eigenvalue weighted by atomic mass is 32.1. The van der Waals surface area contributed by atoms with E-state index in [1.165, 1.54) is 16.2 Å². The fourth-order valence-electron chi connectivity index (χ4n) is 3.15. The van der Waals surface area contributed by atoms with E-state index < -0.39 is 5.54 Å². The van der Waals surface area contributed by atoms with Gasteiger partial charge in [-0.2, -0.15) is 0 Å². The van der Waals surface area contributed by atoms with Gasteiger partial charge in [0, 0.05) is 30.4 Å². The molecule has 110 valence electrons. The van der Waals surface area contributed by atoms with Gasteiger partial charge in [-0.15, -0.1) is 11.3 Å². The Morgan fingerprint density at radius 1 is 1.60 bits per heavy atom. The van der Waals surface area contributed by atoms with Gasteiger partial charge in [0.05, 0.1) is 11.2 Å². The van der Waals surface area contributed by atoms with Crippen molar-refractivity contribution in [1.82, 2.24) is 9.88 Å². The first kappa shape index (κ1) is 14.1. The van der Waals surface area contributed by atoms with Crippen molar-refractivity contribution in [2.24, 2.45) is 11.5 Å². The van der Waals surface area contributed by atoms with Gasteiger partial charge >= 0.3 is 0 Å². The Hall–Kier alpha value is -0.820. The van der Waals surface area contributed by atoms with Crippen LogP contribution in [-0.4, -0.2) is 40.3 Å². The normalized spacial score (nSPS) is 30.4. The van der Waals surface area contributed by atoms with Gasteiger partial charge in [-0.25, -0.2) is 4.98 Å². The molecular formula is C14H22N4OS. The summed E-state index contributed by atoms with van der Waals surface area (Å²) < 4.78 is 0. The van der Waals surface area contributed by atoms with Crippen molar-refractivity contribution in [1.29, 1.82) is 0 Å². The van der Waals surface area contributed by atoms with Crippen molar-refractivity contribution in [3.05, 3.63) is 15.6 Å². The second kappa shape index (κ2) is 5.18. The summed E-state index contributed by atoms with van der Waals surface area (Å²) in [4.78, 5) is 20.8. The Morgan fingerprint density at radius 2 is 2.40 bits per heavy atom. The number of thiazole rings is 1. The Balaban J connectivity index is 1.85. The van der Waals surface area contributed by atoms with E-state index >= 15 is 0 Å². The maximum absolute atomic E-state index is 12.7. The molecule has 0 saturated heterocycles. The third kappa shape index (κ3) is 2.20. The predicted molar refractivity (Wildman–Crippen MR) is 79.8 cm³/mol. The number of nitrogens with zero attached hydrogens (tertiary/aromatic N) is 2. The van der Waals surface area contributed by atoms with Gasteiger partial charge < -0.3 is 11.5 Å². The fraction of sp³-hybridized carbons (Fsp3) is 0.714. The maximum Gasteiger partial charge on any atom is 0.212 e. The monoisotopic (exact) mass is 294 g/mol. The van der Waals surface area contributed by atoms with Crippen molar-refractivity contribution in [3.8, 4) is 0 Å². The molecular weight excluding hydrogens is 272 g/mol. The first-order chi connectivity index (χ1) is 9.54. The zero-order valence-corrected chi connectivity index (χ0v) is 12.7. The van der Waals surface area contributed by atoms with Crippen LogP contribution in [0.3, 0.4) is 0 Å². The Kier molecular flexibility index (Phi) is 3.66. The van der Waals surface area contributed by atoms with Crippen LogP contribution in [0.4, 0.5) is 0 Å². The SMILES string of the molecule is CCN1CCc2nc(C(=O)C3(N)CCCC3N)sc2C1. The highest BCUT2D eigenvalue weighted by molar-refractivity contribution is 7.13. The average Bonchev–Trinajstić information content (AvgIpc) is 3.02. The molecule has 1 aromatic heterocycles. The molecule has 0 amide bonds. The molecule has 3 rings (SSSR count). The molecule has 2 aliphatic rings. The third-order valence-electron chi connectivity index (χ3n) is 4.64. The minimum atomic E-state index is -0.898. The van der Waals surface area contributed by atoms with E-state index in [9.17, 15) is 4.79 Å². The summed E-state index contributed by atoms with van der Waals surface area (Å²) in [7, 11) is 0. The molecule has 0 radical (unpaired) electrons. The van der Waals surface area contributed by atoms with Crippen LogP contribution in [0.25, 0.3) is 0 Å². The van der Waals surface area contributed by atoms with Crippen molar-refractivity contribution in [3.63, 3.8) is 0 Å². The fourth-order valence-corrected chi connectivity index (χ4v) is 4.34. The van der Waals surface area contributed by atoms with Gasteiger partial charge in [0.15, 0.2) is 5.01 Å². The summed E-state index contributed by atoms with van der Waals surface area (Å²) >= 11 is 1.51. The van der Waals surface area contributed by atoms with Crippen molar-refractivity contribution in [2.45, 2.75) is 50.7 Å². The Morgan fingerprint density at radius 3 is 3.05 bits per heavy atom. The summed E-state index contributed by atoms with van der Waals surface area (Å²) in [5, 5.41) is 0.563.